The number of ether oxygens (including phenoxy) is 1. The number of carbonyl (C=O) groups excluding carboxylic acids is 1. The second-order valence-electron chi connectivity index (χ2n) is 8.31. The van der Waals surface area contributed by atoms with Gasteiger partial charge in [-0.25, -0.2) is 0 Å². The number of alkyl halides is 3. The lowest BCUT2D eigenvalue weighted by Crippen LogP contribution is -2.48. The molecule has 1 heterocycles. The van der Waals surface area contributed by atoms with Crippen LogP contribution in [0.4, 0.5) is 13.2 Å². The standard InChI is InChI=1S/C26H23Cl2F3N2O2/c27-22-8-3-9-23(24(22)28)35-17-19-5-1-6-20(14-19)25(34)33-12-10-32(11-13-33)16-18-4-2-7-21(15-18)26(29,30)31/h1-9,14-15H,10-13,16-17H2. The van der Waals surface area contributed by atoms with Gasteiger partial charge in [0.15, 0.2) is 0 Å². The highest BCUT2D eigenvalue weighted by molar-refractivity contribution is 6.42. The monoisotopic (exact) mass is 522 g/mol. The number of piperazine rings is 1. The zero-order valence-corrected chi connectivity index (χ0v) is 20.2. The summed E-state index contributed by atoms with van der Waals surface area (Å²) >= 11 is 12.2. The largest absolute Gasteiger partial charge is 0.487 e. The van der Waals surface area contributed by atoms with E-state index >= 15 is 0 Å². The van der Waals surface area contributed by atoms with Gasteiger partial charge in [-0.3, -0.25) is 9.69 Å². The van der Waals surface area contributed by atoms with Gasteiger partial charge in [-0.05, 0) is 41.5 Å². The summed E-state index contributed by atoms with van der Waals surface area (Å²) in [5.41, 5.74) is 1.32. The van der Waals surface area contributed by atoms with Crippen molar-refractivity contribution >= 4 is 29.1 Å². The van der Waals surface area contributed by atoms with Crippen molar-refractivity contribution in [3.05, 3.63) is 99.0 Å². The van der Waals surface area contributed by atoms with Crippen molar-refractivity contribution < 1.29 is 22.7 Å². The van der Waals surface area contributed by atoms with Crippen molar-refractivity contribution in [2.75, 3.05) is 26.2 Å². The predicted molar refractivity (Wildman–Crippen MR) is 130 cm³/mol. The van der Waals surface area contributed by atoms with Gasteiger partial charge >= 0.3 is 6.18 Å². The van der Waals surface area contributed by atoms with Crippen LogP contribution >= 0.6 is 23.2 Å². The average Bonchev–Trinajstić information content (AvgIpc) is 2.85. The van der Waals surface area contributed by atoms with Crippen LogP contribution in [0, 0.1) is 0 Å². The lowest BCUT2D eigenvalue weighted by molar-refractivity contribution is -0.137. The molecule has 1 aliphatic rings. The summed E-state index contributed by atoms with van der Waals surface area (Å²) in [6.07, 6.45) is -4.36. The molecule has 0 N–H and O–H groups in total. The van der Waals surface area contributed by atoms with Crippen LogP contribution in [0.1, 0.15) is 27.0 Å². The molecular formula is C26H23Cl2F3N2O2. The summed E-state index contributed by atoms with van der Waals surface area (Å²) in [6.45, 7) is 2.79. The molecule has 0 aliphatic carbocycles. The van der Waals surface area contributed by atoms with Gasteiger partial charge in [0.2, 0.25) is 0 Å². The molecule has 9 heteroatoms. The zero-order chi connectivity index (χ0) is 25.0. The maximum Gasteiger partial charge on any atom is 0.416 e. The topological polar surface area (TPSA) is 32.8 Å². The maximum absolute atomic E-state index is 13.0. The van der Waals surface area contributed by atoms with Gasteiger partial charge in [-0.1, -0.05) is 59.6 Å². The van der Waals surface area contributed by atoms with Gasteiger partial charge in [-0.2, -0.15) is 13.2 Å². The van der Waals surface area contributed by atoms with Crippen LogP contribution in [0.5, 0.6) is 5.75 Å². The normalized spacial score (nSPS) is 14.7. The van der Waals surface area contributed by atoms with E-state index in [1.54, 1.807) is 47.4 Å². The molecule has 1 saturated heterocycles. The van der Waals surface area contributed by atoms with Crippen LogP contribution in [0.25, 0.3) is 0 Å². The first-order valence-electron chi connectivity index (χ1n) is 11.0. The fraction of sp³-hybridized carbons (Fsp3) is 0.269. The second-order valence-corrected chi connectivity index (χ2v) is 9.09. The highest BCUT2D eigenvalue weighted by Crippen LogP contribution is 2.32. The Kier molecular flexibility index (Phi) is 7.89. The predicted octanol–water partition coefficient (Wildman–Crippen LogP) is 6.55. The number of carbonyl (C=O) groups is 1. The van der Waals surface area contributed by atoms with Crippen LogP contribution in [0.15, 0.2) is 66.7 Å². The molecule has 0 saturated carbocycles. The van der Waals surface area contributed by atoms with Crippen LogP contribution < -0.4 is 4.74 Å². The van der Waals surface area contributed by atoms with Gasteiger partial charge in [0, 0.05) is 38.3 Å². The fourth-order valence-corrected chi connectivity index (χ4v) is 4.29. The SMILES string of the molecule is O=C(c1cccc(COc2cccc(Cl)c2Cl)c1)N1CCN(Cc2cccc(C(F)(F)F)c2)CC1. The molecule has 1 amide bonds. The molecule has 3 aromatic carbocycles. The van der Waals surface area contributed by atoms with E-state index in [1.165, 1.54) is 12.1 Å². The Balaban J connectivity index is 1.33. The minimum atomic E-state index is -4.36. The Morgan fingerprint density at radius 3 is 2.31 bits per heavy atom. The molecular weight excluding hydrogens is 500 g/mol. The third-order valence-electron chi connectivity index (χ3n) is 5.80. The third kappa shape index (κ3) is 6.48. The van der Waals surface area contributed by atoms with Crippen LogP contribution in [-0.4, -0.2) is 41.9 Å². The first kappa shape index (κ1) is 25.4. The number of hydrogen-bond acceptors (Lipinski definition) is 3. The maximum atomic E-state index is 13.0. The second kappa shape index (κ2) is 10.9. The Labute approximate surface area is 211 Å². The summed E-state index contributed by atoms with van der Waals surface area (Å²) in [6, 6.07) is 17.7. The van der Waals surface area contributed by atoms with Gasteiger partial charge in [0.05, 0.1) is 10.6 Å². The first-order chi connectivity index (χ1) is 16.7. The van der Waals surface area contributed by atoms with Crippen molar-refractivity contribution in [3.63, 3.8) is 0 Å². The molecule has 0 spiro atoms. The summed E-state index contributed by atoms with van der Waals surface area (Å²) in [5, 5.41) is 0.740. The van der Waals surface area contributed by atoms with Gasteiger partial charge < -0.3 is 9.64 Å². The average molecular weight is 523 g/mol. The Morgan fingerprint density at radius 2 is 1.57 bits per heavy atom. The number of amides is 1. The van der Waals surface area contributed by atoms with E-state index in [-0.39, 0.29) is 12.5 Å². The smallest absolute Gasteiger partial charge is 0.416 e. The molecule has 4 rings (SSSR count). The number of nitrogens with zero attached hydrogens (tertiary/aromatic N) is 2. The van der Waals surface area contributed by atoms with Gasteiger partial charge in [0.1, 0.15) is 17.4 Å². The molecule has 4 nitrogen and oxygen atoms in total. The van der Waals surface area contributed by atoms with Gasteiger partial charge in [0.25, 0.3) is 5.91 Å². The van der Waals surface area contributed by atoms with Crippen molar-refractivity contribution in [1.29, 1.82) is 0 Å². The molecule has 0 aromatic heterocycles. The molecule has 184 valence electrons. The summed E-state index contributed by atoms with van der Waals surface area (Å²) in [5.74, 6) is 0.374. The minimum Gasteiger partial charge on any atom is -0.487 e. The van der Waals surface area contributed by atoms with Crippen molar-refractivity contribution in [2.45, 2.75) is 19.3 Å². The van der Waals surface area contributed by atoms with Crippen LogP contribution in [0.3, 0.4) is 0 Å². The Morgan fingerprint density at radius 1 is 0.886 bits per heavy atom. The fourth-order valence-electron chi connectivity index (χ4n) is 3.95. The Bertz CT molecular complexity index is 1200. The molecule has 3 aromatic rings. The minimum absolute atomic E-state index is 0.0913. The van der Waals surface area contributed by atoms with Crippen molar-refractivity contribution in [2.24, 2.45) is 0 Å². The molecule has 0 radical (unpaired) electrons. The lowest BCUT2D eigenvalue weighted by Gasteiger charge is -2.35. The number of benzene rings is 3. The van der Waals surface area contributed by atoms with Crippen LogP contribution in [0.2, 0.25) is 10.0 Å². The van der Waals surface area contributed by atoms with E-state index < -0.39 is 11.7 Å². The third-order valence-corrected chi connectivity index (χ3v) is 6.61. The van der Waals surface area contributed by atoms with E-state index in [0.29, 0.717) is 59.6 Å². The number of rotatable bonds is 6. The molecule has 0 atom stereocenters. The van der Waals surface area contributed by atoms with Crippen LogP contribution in [-0.2, 0) is 19.3 Å². The molecule has 35 heavy (non-hydrogen) atoms. The molecule has 0 unspecified atom stereocenters. The van der Waals surface area contributed by atoms with E-state index in [9.17, 15) is 18.0 Å². The molecule has 1 fully saturated rings. The lowest BCUT2D eigenvalue weighted by atomic mass is 10.1. The highest BCUT2D eigenvalue weighted by atomic mass is 35.5. The number of hydrogen-bond donors (Lipinski definition) is 0. The summed E-state index contributed by atoms with van der Waals surface area (Å²) < 4.78 is 44.7. The zero-order valence-electron chi connectivity index (χ0n) is 18.7. The Hall–Kier alpha value is -2.74. The molecule has 0 bridgehead atoms. The van der Waals surface area contributed by atoms with Crippen molar-refractivity contribution in [3.8, 4) is 5.75 Å². The summed E-state index contributed by atoms with van der Waals surface area (Å²) in [4.78, 5) is 16.9. The molecule has 1 aliphatic heterocycles. The van der Waals surface area contributed by atoms with E-state index in [1.807, 2.05) is 6.07 Å². The number of halogens is 5. The van der Waals surface area contributed by atoms with Crippen molar-refractivity contribution in [1.82, 2.24) is 9.80 Å². The van der Waals surface area contributed by atoms with Gasteiger partial charge in [-0.15, -0.1) is 0 Å². The quantitative estimate of drug-likeness (QED) is 0.368. The highest BCUT2D eigenvalue weighted by Gasteiger charge is 2.30. The van der Waals surface area contributed by atoms with E-state index in [4.69, 9.17) is 27.9 Å². The summed E-state index contributed by atoms with van der Waals surface area (Å²) in [7, 11) is 0. The first-order valence-corrected chi connectivity index (χ1v) is 11.8. The van der Waals surface area contributed by atoms with E-state index in [0.717, 1.165) is 11.6 Å². The van der Waals surface area contributed by atoms with E-state index in [2.05, 4.69) is 4.90 Å².